The van der Waals surface area contributed by atoms with Crippen molar-refractivity contribution in [2.45, 2.75) is 26.4 Å². The molecule has 0 aromatic heterocycles. The van der Waals surface area contributed by atoms with Crippen molar-refractivity contribution < 1.29 is 4.39 Å². The second-order valence-corrected chi connectivity index (χ2v) is 6.34. The molecule has 26 heavy (non-hydrogen) atoms. The molecule has 4 nitrogen and oxygen atoms in total. The molecule has 0 aliphatic heterocycles. The third-order valence-corrected chi connectivity index (χ3v) is 4.31. The smallest absolute Gasteiger partial charge is 0.191 e. The average Bonchev–Trinajstić information content (AvgIpc) is 2.66. The highest BCUT2D eigenvalue weighted by molar-refractivity contribution is 5.79. The second-order valence-electron chi connectivity index (χ2n) is 6.34. The molecule has 0 fully saturated rings. The van der Waals surface area contributed by atoms with Crippen molar-refractivity contribution in [3.05, 3.63) is 71.0 Å². The van der Waals surface area contributed by atoms with E-state index in [1.165, 1.54) is 17.2 Å². The molecule has 0 bridgehead atoms. The Morgan fingerprint density at radius 3 is 2.58 bits per heavy atom. The Kier molecular flexibility index (Phi) is 8.09. The van der Waals surface area contributed by atoms with Crippen molar-refractivity contribution in [1.29, 1.82) is 0 Å². The summed E-state index contributed by atoms with van der Waals surface area (Å²) in [5, 5.41) is 6.55. The zero-order chi connectivity index (χ0) is 18.8. The average molecular weight is 356 g/mol. The van der Waals surface area contributed by atoms with Crippen LogP contribution in [0, 0.1) is 5.82 Å². The lowest BCUT2D eigenvalue weighted by molar-refractivity contribution is 0.345. The molecular formula is C21H29FN4. The Bertz CT molecular complexity index is 715. The highest BCUT2D eigenvalue weighted by atomic mass is 19.1. The summed E-state index contributed by atoms with van der Waals surface area (Å²) in [6.45, 7) is 5.45. The molecule has 140 valence electrons. The third-order valence-electron chi connectivity index (χ3n) is 4.31. The largest absolute Gasteiger partial charge is 0.356 e. The number of aliphatic imine (C=N–C) groups is 1. The van der Waals surface area contributed by atoms with Crippen molar-refractivity contribution in [2.75, 3.05) is 27.2 Å². The summed E-state index contributed by atoms with van der Waals surface area (Å²) in [5.41, 5.74) is 3.23. The van der Waals surface area contributed by atoms with Crippen LogP contribution in [0.2, 0.25) is 0 Å². The van der Waals surface area contributed by atoms with Gasteiger partial charge in [-0.3, -0.25) is 4.99 Å². The Morgan fingerprint density at radius 1 is 1.08 bits per heavy atom. The van der Waals surface area contributed by atoms with Gasteiger partial charge in [0.05, 0.1) is 0 Å². The van der Waals surface area contributed by atoms with Gasteiger partial charge in [0.2, 0.25) is 0 Å². The zero-order valence-electron chi connectivity index (χ0n) is 15.9. The highest BCUT2D eigenvalue weighted by Crippen LogP contribution is 2.08. The maximum Gasteiger partial charge on any atom is 0.191 e. The summed E-state index contributed by atoms with van der Waals surface area (Å²) in [7, 11) is 3.86. The minimum Gasteiger partial charge on any atom is -0.356 e. The molecule has 0 saturated heterocycles. The molecular weight excluding hydrogens is 327 g/mol. The number of hydrogen-bond donors (Lipinski definition) is 2. The summed E-state index contributed by atoms with van der Waals surface area (Å²) < 4.78 is 13.6. The van der Waals surface area contributed by atoms with Gasteiger partial charge in [0.25, 0.3) is 0 Å². The van der Waals surface area contributed by atoms with Gasteiger partial charge in [0, 0.05) is 26.7 Å². The van der Waals surface area contributed by atoms with E-state index < -0.39 is 0 Å². The van der Waals surface area contributed by atoms with Gasteiger partial charge < -0.3 is 15.5 Å². The normalized spacial score (nSPS) is 11.7. The van der Waals surface area contributed by atoms with Gasteiger partial charge in [-0.2, -0.15) is 0 Å². The van der Waals surface area contributed by atoms with Gasteiger partial charge in [-0.15, -0.1) is 0 Å². The van der Waals surface area contributed by atoms with Gasteiger partial charge in [-0.1, -0.05) is 49.4 Å². The SMILES string of the molecule is CCN(C)Cc1cccc(CNC(=NC)NCCc2ccccc2F)c1. The molecule has 0 atom stereocenters. The van der Waals surface area contributed by atoms with Crippen LogP contribution in [0.15, 0.2) is 53.5 Å². The van der Waals surface area contributed by atoms with E-state index in [9.17, 15) is 4.39 Å². The van der Waals surface area contributed by atoms with Crippen molar-refractivity contribution in [2.24, 2.45) is 4.99 Å². The van der Waals surface area contributed by atoms with Crippen LogP contribution in [0.25, 0.3) is 0 Å². The number of benzene rings is 2. The minimum absolute atomic E-state index is 0.161. The summed E-state index contributed by atoms with van der Waals surface area (Å²) >= 11 is 0. The lowest BCUT2D eigenvalue weighted by Crippen LogP contribution is -2.37. The van der Waals surface area contributed by atoms with Crippen LogP contribution in [0.1, 0.15) is 23.6 Å². The molecule has 0 spiro atoms. The van der Waals surface area contributed by atoms with Crippen LogP contribution in [0.3, 0.4) is 0 Å². The number of nitrogens with one attached hydrogen (secondary N) is 2. The van der Waals surface area contributed by atoms with E-state index in [-0.39, 0.29) is 5.82 Å². The molecule has 0 radical (unpaired) electrons. The molecule has 0 heterocycles. The number of rotatable bonds is 8. The number of halogens is 1. The van der Waals surface area contributed by atoms with E-state index in [0.29, 0.717) is 25.1 Å². The van der Waals surface area contributed by atoms with Crippen LogP contribution in [0.4, 0.5) is 4.39 Å². The standard InChI is InChI=1S/C21H29FN4/c1-4-26(3)16-18-9-7-8-17(14-18)15-25-21(23-2)24-13-12-19-10-5-6-11-20(19)22/h5-11,14H,4,12-13,15-16H2,1-3H3,(H2,23,24,25). The van der Waals surface area contributed by atoms with E-state index in [1.807, 2.05) is 12.1 Å². The summed E-state index contributed by atoms with van der Waals surface area (Å²) in [4.78, 5) is 6.51. The van der Waals surface area contributed by atoms with Crippen LogP contribution in [0.5, 0.6) is 0 Å². The maximum atomic E-state index is 13.6. The Hall–Kier alpha value is -2.40. The first-order valence-corrected chi connectivity index (χ1v) is 9.06. The van der Waals surface area contributed by atoms with Crippen molar-refractivity contribution in [3.8, 4) is 0 Å². The van der Waals surface area contributed by atoms with E-state index >= 15 is 0 Å². The Morgan fingerprint density at radius 2 is 1.85 bits per heavy atom. The number of hydrogen-bond acceptors (Lipinski definition) is 2. The monoisotopic (exact) mass is 356 g/mol. The third kappa shape index (κ3) is 6.48. The fourth-order valence-electron chi connectivity index (χ4n) is 2.68. The van der Waals surface area contributed by atoms with Crippen molar-refractivity contribution in [1.82, 2.24) is 15.5 Å². The summed E-state index contributed by atoms with van der Waals surface area (Å²) in [6, 6.07) is 15.4. The van der Waals surface area contributed by atoms with Gasteiger partial charge in [-0.05, 0) is 42.8 Å². The first-order valence-electron chi connectivity index (χ1n) is 9.06. The van der Waals surface area contributed by atoms with E-state index in [4.69, 9.17) is 0 Å². The molecule has 0 aliphatic carbocycles. The molecule has 2 aromatic rings. The number of nitrogens with zero attached hydrogens (tertiary/aromatic N) is 2. The molecule has 2 rings (SSSR count). The summed E-state index contributed by atoms with van der Waals surface area (Å²) in [6.07, 6.45) is 0.617. The highest BCUT2D eigenvalue weighted by Gasteiger charge is 2.03. The van der Waals surface area contributed by atoms with E-state index in [0.717, 1.165) is 19.0 Å². The van der Waals surface area contributed by atoms with Gasteiger partial charge in [-0.25, -0.2) is 4.39 Å². The Labute approximate surface area is 156 Å². The van der Waals surface area contributed by atoms with E-state index in [1.54, 1.807) is 13.1 Å². The van der Waals surface area contributed by atoms with Crippen molar-refractivity contribution in [3.63, 3.8) is 0 Å². The maximum absolute atomic E-state index is 13.6. The Balaban J connectivity index is 1.81. The minimum atomic E-state index is -0.161. The predicted molar refractivity (Wildman–Crippen MR) is 107 cm³/mol. The first kappa shape index (κ1) is 19.9. The van der Waals surface area contributed by atoms with Crippen molar-refractivity contribution >= 4 is 5.96 Å². The lowest BCUT2D eigenvalue weighted by Gasteiger charge is -2.15. The molecule has 2 aromatic carbocycles. The second kappa shape index (κ2) is 10.6. The van der Waals surface area contributed by atoms with Gasteiger partial charge in [0.15, 0.2) is 5.96 Å². The summed E-state index contributed by atoms with van der Waals surface area (Å²) in [5.74, 6) is 0.559. The molecule has 0 amide bonds. The van der Waals surface area contributed by atoms with Crippen LogP contribution in [-0.2, 0) is 19.5 Å². The van der Waals surface area contributed by atoms with E-state index in [2.05, 4.69) is 58.8 Å². The van der Waals surface area contributed by atoms with Crippen LogP contribution in [-0.4, -0.2) is 38.0 Å². The van der Waals surface area contributed by atoms with Gasteiger partial charge in [0.1, 0.15) is 5.82 Å². The molecule has 2 N–H and O–H groups in total. The zero-order valence-corrected chi connectivity index (χ0v) is 15.9. The molecule has 0 unspecified atom stereocenters. The van der Waals surface area contributed by atoms with Crippen LogP contribution < -0.4 is 10.6 Å². The molecule has 0 saturated carbocycles. The predicted octanol–water partition coefficient (Wildman–Crippen LogP) is 3.19. The molecule has 5 heteroatoms. The van der Waals surface area contributed by atoms with Crippen LogP contribution >= 0.6 is 0 Å². The quantitative estimate of drug-likeness (QED) is 0.564. The lowest BCUT2D eigenvalue weighted by atomic mass is 10.1. The number of guanidine groups is 1. The first-order chi connectivity index (χ1) is 12.6. The fourth-order valence-corrected chi connectivity index (χ4v) is 2.68. The fraction of sp³-hybridized carbons (Fsp3) is 0.381. The van der Waals surface area contributed by atoms with Gasteiger partial charge >= 0.3 is 0 Å². The molecule has 0 aliphatic rings. The topological polar surface area (TPSA) is 39.7 Å².